The van der Waals surface area contributed by atoms with Crippen LogP contribution >= 0.6 is 15.9 Å². The van der Waals surface area contributed by atoms with E-state index in [1.807, 2.05) is 20.8 Å². The summed E-state index contributed by atoms with van der Waals surface area (Å²) in [6.45, 7) is 5.92. The van der Waals surface area contributed by atoms with E-state index in [4.69, 9.17) is 0 Å². The molecule has 0 N–H and O–H groups in total. The Labute approximate surface area is 137 Å². The van der Waals surface area contributed by atoms with E-state index >= 15 is 0 Å². The van der Waals surface area contributed by atoms with Crippen molar-refractivity contribution in [3.8, 4) is 0 Å². The van der Waals surface area contributed by atoms with Gasteiger partial charge in [-0.05, 0) is 50.7 Å². The molecule has 1 aliphatic carbocycles. The molecule has 0 heterocycles. The number of carbonyl (C=O) groups excluding carboxylic acids is 1. The van der Waals surface area contributed by atoms with Crippen molar-refractivity contribution in [1.29, 1.82) is 0 Å². The first-order valence-electron chi connectivity index (χ1n) is 7.72. The van der Waals surface area contributed by atoms with Gasteiger partial charge in [-0.3, -0.25) is 4.79 Å². The second kappa shape index (κ2) is 9.24. The van der Waals surface area contributed by atoms with Gasteiger partial charge in [0.25, 0.3) is 6.47 Å². The van der Waals surface area contributed by atoms with Gasteiger partial charge in [0, 0.05) is 5.33 Å². The quantitative estimate of drug-likeness (QED) is 0.522. The fraction of sp³-hybridized carbons (Fsp3) is 0.611. The van der Waals surface area contributed by atoms with Crippen molar-refractivity contribution in [2.75, 3.05) is 0 Å². The summed E-state index contributed by atoms with van der Waals surface area (Å²) in [5, 5.41) is 0.970. The maximum Gasteiger partial charge on any atom is 0.293 e. The minimum absolute atomic E-state index is 0.318. The normalized spacial score (nSPS) is 15.8. The fourth-order valence-corrected chi connectivity index (χ4v) is 2.83. The highest BCUT2D eigenvalue weighted by Gasteiger charge is 2.14. The van der Waals surface area contributed by atoms with Gasteiger partial charge in [-0.25, -0.2) is 0 Å². The molecule has 0 bridgehead atoms. The summed E-state index contributed by atoms with van der Waals surface area (Å²) in [5.74, 6) is 0.841. The smallest absolute Gasteiger partial charge is 0.293 e. The third-order valence-electron chi connectivity index (χ3n) is 3.61. The molecule has 0 atom stereocenters. The largest absolute Gasteiger partial charge is 0.462 e. The molecule has 1 aromatic carbocycles. The van der Waals surface area contributed by atoms with E-state index in [-0.39, 0.29) is 5.60 Å². The number of ether oxygens (including phenoxy) is 1. The molecular formula is C18H27BrO2. The lowest BCUT2D eigenvalue weighted by molar-refractivity contribution is -0.138. The van der Waals surface area contributed by atoms with Crippen LogP contribution in [0.15, 0.2) is 24.3 Å². The Morgan fingerprint density at radius 1 is 1.14 bits per heavy atom. The maximum absolute atomic E-state index is 9.60. The zero-order valence-corrected chi connectivity index (χ0v) is 15.0. The van der Waals surface area contributed by atoms with Crippen LogP contribution in [-0.4, -0.2) is 12.1 Å². The molecule has 0 unspecified atom stereocenters. The van der Waals surface area contributed by atoms with Gasteiger partial charge in [0.2, 0.25) is 0 Å². The van der Waals surface area contributed by atoms with Crippen LogP contribution in [0.3, 0.4) is 0 Å². The van der Waals surface area contributed by atoms with Crippen molar-refractivity contribution >= 4 is 22.4 Å². The number of benzene rings is 1. The number of carbonyl (C=O) groups is 1. The molecule has 0 aliphatic heterocycles. The number of halogens is 1. The monoisotopic (exact) mass is 354 g/mol. The summed E-state index contributed by atoms with van der Waals surface area (Å²) in [6.07, 6.45) is 7.08. The number of rotatable bonds is 3. The lowest BCUT2D eigenvalue weighted by Crippen LogP contribution is -2.17. The predicted octanol–water partition coefficient (Wildman–Crippen LogP) is 5.59. The average molecular weight is 355 g/mol. The van der Waals surface area contributed by atoms with E-state index in [2.05, 4.69) is 44.9 Å². The first kappa shape index (κ1) is 18.2. The van der Waals surface area contributed by atoms with Gasteiger partial charge < -0.3 is 4.74 Å². The van der Waals surface area contributed by atoms with Crippen LogP contribution in [0, 0.1) is 0 Å². The van der Waals surface area contributed by atoms with E-state index in [9.17, 15) is 4.79 Å². The lowest BCUT2D eigenvalue weighted by atomic mass is 9.84. The molecule has 1 aromatic rings. The fourth-order valence-electron chi connectivity index (χ4n) is 2.46. The minimum Gasteiger partial charge on any atom is -0.462 e. The SMILES string of the molecule is BrCc1ccc(C2CCCCC2)cc1.CC(C)(C)OC=O. The van der Waals surface area contributed by atoms with Crippen LogP contribution in [0.5, 0.6) is 0 Å². The summed E-state index contributed by atoms with van der Waals surface area (Å²) >= 11 is 3.48. The van der Waals surface area contributed by atoms with Gasteiger partial charge in [0.05, 0.1) is 0 Å². The van der Waals surface area contributed by atoms with Crippen molar-refractivity contribution in [3.63, 3.8) is 0 Å². The van der Waals surface area contributed by atoms with Crippen LogP contribution in [0.4, 0.5) is 0 Å². The second-order valence-electron chi connectivity index (χ2n) is 6.54. The topological polar surface area (TPSA) is 26.3 Å². The molecular weight excluding hydrogens is 328 g/mol. The molecule has 21 heavy (non-hydrogen) atoms. The van der Waals surface area contributed by atoms with Crippen LogP contribution in [0.25, 0.3) is 0 Å². The Kier molecular flexibility index (Phi) is 8.02. The number of hydrogen-bond donors (Lipinski definition) is 0. The third-order valence-corrected chi connectivity index (χ3v) is 4.26. The average Bonchev–Trinajstić information content (AvgIpc) is 2.48. The molecule has 0 amide bonds. The van der Waals surface area contributed by atoms with Crippen molar-refractivity contribution in [2.45, 2.75) is 69.7 Å². The van der Waals surface area contributed by atoms with Gasteiger partial charge in [0.1, 0.15) is 5.60 Å². The molecule has 0 saturated heterocycles. The Balaban J connectivity index is 0.000000270. The Morgan fingerprint density at radius 2 is 1.71 bits per heavy atom. The number of hydrogen-bond acceptors (Lipinski definition) is 2. The van der Waals surface area contributed by atoms with E-state index in [0.29, 0.717) is 6.47 Å². The van der Waals surface area contributed by atoms with Crippen molar-refractivity contribution in [3.05, 3.63) is 35.4 Å². The van der Waals surface area contributed by atoms with Crippen LogP contribution in [0.2, 0.25) is 0 Å². The molecule has 1 fully saturated rings. The summed E-state index contributed by atoms with van der Waals surface area (Å²) in [4.78, 5) is 9.60. The molecule has 2 rings (SSSR count). The molecule has 118 valence electrons. The predicted molar refractivity (Wildman–Crippen MR) is 91.8 cm³/mol. The summed E-state index contributed by atoms with van der Waals surface area (Å²) in [7, 11) is 0. The molecule has 2 nitrogen and oxygen atoms in total. The van der Waals surface area contributed by atoms with Crippen molar-refractivity contribution in [2.24, 2.45) is 0 Å². The Bertz CT molecular complexity index is 400. The first-order chi connectivity index (χ1) is 9.96. The minimum atomic E-state index is -0.318. The van der Waals surface area contributed by atoms with Crippen molar-refractivity contribution in [1.82, 2.24) is 0 Å². The standard InChI is InChI=1S/C13H17Br.C5H10O2/c14-10-11-6-8-13(9-7-11)12-4-2-1-3-5-12;1-5(2,3)7-4-6/h6-9,12H,1-5,10H2;4H,1-3H3. The highest BCUT2D eigenvalue weighted by atomic mass is 79.9. The van der Waals surface area contributed by atoms with Gasteiger partial charge in [-0.1, -0.05) is 59.5 Å². The van der Waals surface area contributed by atoms with E-state index in [1.54, 1.807) is 5.56 Å². The third kappa shape index (κ3) is 7.66. The second-order valence-corrected chi connectivity index (χ2v) is 7.10. The van der Waals surface area contributed by atoms with E-state index in [0.717, 1.165) is 11.2 Å². The summed E-state index contributed by atoms with van der Waals surface area (Å²) in [5.41, 5.74) is 2.61. The van der Waals surface area contributed by atoms with E-state index < -0.39 is 0 Å². The molecule has 1 saturated carbocycles. The molecule has 1 aliphatic rings. The van der Waals surface area contributed by atoms with Gasteiger partial charge in [0.15, 0.2) is 0 Å². The Morgan fingerprint density at radius 3 is 2.10 bits per heavy atom. The zero-order chi connectivity index (χ0) is 15.7. The van der Waals surface area contributed by atoms with Crippen molar-refractivity contribution < 1.29 is 9.53 Å². The highest BCUT2D eigenvalue weighted by molar-refractivity contribution is 9.08. The zero-order valence-electron chi connectivity index (χ0n) is 13.4. The van der Waals surface area contributed by atoms with Gasteiger partial charge >= 0.3 is 0 Å². The maximum atomic E-state index is 9.60. The van der Waals surface area contributed by atoms with Gasteiger partial charge in [-0.15, -0.1) is 0 Å². The first-order valence-corrected chi connectivity index (χ1v) is 8.84. The summed E-state index contributed by atoms with van der Waals surface area (Å²) in [6, 6.07) is 9.12. The van der Waals surface area contributed by atoms with Gasteiger partial charge in [-0.2, -0.15) is 0 Å². The molecule has 3 heteroatoms. The van der Waals surface area contributed by atoms with Crippen LogP contribution < -0.4 is 0 Å². The highest BCUT2D eigenvalue weighted by Crippen LogP contribution is 2.32. The van der Waals surface area contributed by atoms with Crippen LogP contribution in [-0.2, 0) is 14.9 Å². The number of alkyl halides is 1. The van der Waals surface area contributed by atoms with Crippen LogP contribution in [0.1, 0.15) is 69.9 Å². The van der Waals surface area contributed by atoms with E-state index in [1.165, 1.54) is 37.7 Å². The molecule has 0 radical (unpaired) electrons. The molecule has 0 spiro atoms. The molecule has 0 aromatic heterocycles. The summed E-state index contributed by atoms with van der Waals surface area (Å²) < 4.78 is 4.55. The lowest BCUT2D eigenvalue weighted by Gasteiger charge is -2.21. The Hall–Kier alpha value is -0.830.